The van der Waals surface area contributed by atoms with Crippen molar-refractivity contribution in [2.24, 2.45) is 0 Å². The van der Waals surface area contributed by atoms with E-state index in [9.17, 15) is 18.0 Å². The number of hydrogen-bond donors (Lipinski definition) is 2. The molecule has 0 unspecified atom stereocenters. The van der Waals surface area contributed by atoms with Gasteiger partial charge in [0.2, 0.25) is 15.9 Å². The average Bonchev–Trinajstić information content (AvgIpc) is 4.07. The summed E-state index contributed by atoms with van der Waals surface area (Å²) in [5.74, 6) is -0.340. The number of piperidine rings is 2. The molecule has 1 saturated carbocycles. The second-order valence-corrected chi connectivity index (χ2v) is 17.6. The van der Waals surface area contributed by atoms with Crippen molar-refractivity contribution >= 4 is 27.5 Å². The number of benzene rings is 3. The first-order valence-electron chi connectivity index (χ1n) is 19.6. The number of rotatable bonds is 13. The normalized spacial score (nSPS) is 18.4. The molecule has 290 valence electrons. The third-order valence-electron chi connectivity index (χ3n) is 11.8. The van der Waals surface area contributed by atoms with Gasteiger partial charge in [0.15, 0.2) is 0 Å². The Kier molecular flexibility index (Phi) is 11.7. The molecule has 0 bridgehead atoms. The molecule has 4 aromatic rings. The molecule has 1 aromatic heterocycles. The molecule has 7 rings (SSSR count). The topological polar surface area (TPSA) is 128 Å². The number of amides is 2. The number of nitrogens with zero attached hydrogens (tertiary/aromatic N) is 5. The highest BCUT2D eigenvalue weighted by Crippen LogP contribution is 2.35. The summed E-state index contributed by atoms with van der Waals surface area (Å²) in [6.45, 7) is 10.6. The molecule has 3 aliphatic rings. The summed E-state index contributed by atoms with van der Waals surface area (Å²) in [5.41, 5.74) is 6.06. The molecule has 3 heterocycles. The van der Waals surface area contributed by atoms with Gasteiger partial charge in [-0.05, 0) is 88.1 Å². The van der Waals surface area contributed by atoms with Gasteiger partial charge in [0.1, 0.15) is 12.4 Å². The zero-order valence-electron chi connectivity index (χ0n) is 32.2. The number of aryl methyl sites for hydroxylation is 2. The number of likely N-dealkylation sites (tertiary alicyclic amines) is 2. The van der Waals surface area contributed by atoms with E-state index >= 15 is 0 Å². The number of nitrogens with one attached hydrogen (secondary N) is 2. The van der Waals surface area contributed by atoms with Crippen LogP contribution in [0.5, 0.6) is 0 Å². The molecular weight excluding hydrogens is 711 g/mol. The Morgan fingerprint density at radius 1 is 0.818 bits per heavy atom. The maximum atomic E-state index is 13.5. The molecule has 0 radical (unpaired) electrons. The number of sulfonamides is 1. The number of carbonyl (C=O) groups excluding carboxylic acids is 2. The van der Waals surface area contributed by atoms with Crippen LogP contribution in [0.2, 0.25) is 0 Å². The second kappa shape index (κ2) is 16.6. The zero-order chi connectivity index (χ0) is 38.6. The first-order valence-corrected chi connectivity index (χ1v) is 21.1. The SMILES string of the molecule is Cc1ncnc(C)c1C(=O)N1CCC(C)(N2CCC(N(Cc3ccccc3)c3ccc(CNC(=O)[C@H](NS(=O)(=O)C4CC4)c4ccccc4)cc3)CC2)CC1. The van der Waals surface area contributed by atoms with Crippen LogP contribution in [0.25, 0.3) is 0 Å². The molecule has 12 heteroatoms. The minimum absolute atomic E-state index is 0.0342. The third-order valence-corrected chi connectivity index (χ3v) is 13.7. The van der Waals surface area contributed by atoms with Gasteiger partial charge in [0.05, 0.1) is 22.2 Å². The van der Waals surface area contributed by atoms with Gasteiger partial charge in [-0.3, -0.25) is 14.5 Å². The van der Waals surface area contributed by atoms with Crippen LogP contribution in [0.15, 0.2) is 91.3 Å². The fraction of sp³-hybridized carbons (Fsp3) is 0.442. The number of carbonyl (C=O) groups is 2. The molecule has 2 saturated heterocycles. The Balaban J connectivity index is 0.984. The smallest absolute Gasteiger partial charge is 0.257 e. The van der Waals surface area contributed by atoms with Crippen LogP contribution in [0.3, 0.4) is 0 Å². The highest BCUT2D eigenvalue weighted by molar-refractivity contribution is 7.90. The van der Waals surface area contributed by atoms with Gasteiger partial charge in [-0.1, -0.05) is 72.8 Å². The van der Waals surface area contributed by atoms with E-state index in [-0.39, 0.29) is 23.9 Å². The van der Waals surface area contributed by atoms with E-state index in [1.54, 1.807) is 12.1 Å². The van der Waals surface area contributed by atoms with Crippen LogP contribution in [0.4, 0.5) is 5.69 Å². The predicted octanol–water partition coefficient (Wildman–Crippen LogP) is 5.70. The molecule has 3 aromatic carbocycles. The quantitative estimate of drug-likeness (QED) is 0.178. The fourth-order valence-electron chi connectivity index (χ4n) is 8.15. The van der Waals surface area contributed by atoms with Crippen LogP contribution in [-0.4, -0.2) is 83.0 Å². The van der Waals surface area contributed by atoms with Gasteiger partial charge in [0, 0.05) is 56.5 Å². The van der Waals surface area contributed by atoms with Crippen LogP contribution in [0.1, 0.15) is 89.9 Å². The van der Waals surface area contributed by atoms with Crippen LogP contribution < -0.4 is 14.9 Å². The lowest BCUT2D eigenvalue weighted by atomic mass is 9.85. The largest absolute Gasteiger partial charge is 0.364 e. The Morgan fingerprint density at radius 2 is 1.42 bits per heavy atom. The summed E-state index contributed by atoms with van der Waals surface area (Å²) >= 11 is 0. The highest BCUT2D eigenvalue weighted by Gasteiger charge is 2.41. The molecule has 11 nitrogen and oxygen atoms in total. The van der Waals surface area contributed by atoms with Crippen LogP contribution in [0, 0.1) is 13.8 Å². The maximum Gasteiger partial charge on any atom is 0.257 e. The molecule has 2 amide bonds. The van der Waals surface area contributed by atoms with E-state index in [2.05, 4.69) is 85.3 Å². The van der Waals surface area contributed by atoms with Gasteiger partial charge in [0.25, 0.3) is 5.91 Å². The molecule has 1 atom stereocenters. The van der Waals surface area contributed by atoms with Gasteiger partial charge in [-0.15, -0.1) is 0 Å². The van der Waals surface area contributed by atoms with Gasteiger partial charge in [-0.25, -0.2) is 18.4 Å². The van der Waals surface area contributed by atoms with E-state index in [0.717, 1.165) is 81.0 Å². The van der Waals surface area contributed by atoms with Crippen molar-refractivity contribution in [3.63, 3.8) is 0 Å². The fourth-order valence-corrected chi connectivity index (χ4v) is 9.67. The van der Waals surface area contributed by atoms with E-state index in [4.69, 9.17) is 0 Å². The summed E-state index contributed by atoms with van der Waals surface area (Å²) in [6, 6.07) is 27.3. The van der Waals surface area contributed by atoms with Gasteiger partial charge < -0.3 is 15.1 Å². The van der Waals surface area contributed by atoms with E-state index < -0.39 is 21.3 Å². The monoisotopic (exact) mass is 763 g/mol. The Labute approximate surface area is 325 Å². The van der Waals surface area contributed by atoms with Crippen molar-refractivity contribution in [1.29, 1.82) is 0 Å². The Bertz CT molecular complexity index is 2020. The van der Waals surface area contributed by atoms with Crippen molar-refractivity contribution < 1.29 is 18.0 Å². The van der Waals surface area contributed by atoms with Crippen molar-refractivity contribution in [2.75, 3.05) is 31.1 Å². The Hall–Kier alpha value is -4.65. The van der Waals surface area contributed by atoms with E-state index in [1.165, 1.54) is 11.9 Å². The van der Waals surface area contributed by atoms with Gasteiger partial charge in [-0.2, -0.15) is 4.72 Å². The molecule has 1 aliphatic carbocycles. The minimum Gasteiger partial charge on any atom is -0.364 e. The second-order valence-electron chi connectivity index (χ2n) is 15.6. The summed E-state index contributed by atoms with van der Waals surface area (Å²) in [7, 11) is -3.58. The lowest BCUT2D eigenvalue weighted by Gasteiger charge is -2.50. The Morgan fingerprint density at radius 3 is 2.02 bits per heavy atom. The first kappa shape index (κ1) is 38.6. The molecule has 55 heavy (non-hydrogen) atoms. The molecule has 2 aliphatic heterocycles. The van der Waals surface area contributed by atoms with Crippen molar-refractivity contribution in [3.8, 4) is 0 Å². The van der Waals surface area contributed by atoms with E-state index in [0.29, 0.717) is 30.0 Å². The molecular formula is C43H53N7O4S. The van der Waals surface area contributed by atoms with Crippen molar-refractivity contribution in [2.45, 2.75) is 95.3 Å². The van der Waals surface area contributed by atoms with Gasteiger partial charge >= 0.3 is 0 Å². The summed E-state index contributed by atoms with van der Waals surface area (Å²) < 4.78 is 28.3. The van der Waals surface area contributed by atoms with E-state index in [1.807, 2.05) is 43.0 Å². The predicted molar refractivity (Wildman–Crippen MR) is 215 cm³/mol. The number of aromatic nitrogens is 2. The summed E-state index contributed by atoms with van der Waals surface area (Å²) in [6.07, 6.45) is 6.68. The number of anilines is 1. The first-order chi connectivity index (χ1) is 26.5. The third kappa shape index (κ3) is 9.09. The standard InChI is InChI=1S/C43H53N7O4S/c1-31-39(32(2)46-30-45-31)42(52)48-26-22-43(3,23-27-48)49-24-20-37(21-25-49)50(29-34-10-6-4-7-11-34)36-16-14-33(15-17-36)28-44-41(51)40(35-12-8-5-9-13-35)47-55(53,54)38-18-19-38/h4-17,30,37-38,40,47H,18-29H2,1-3H3,(H,44,51)/t40-/m1/s1. The lowest BCUT2D eigenvalue weighted by molar-refractivity contribution is -0.123. The van der Waals surface area contributed by atoms with Crippen molar-refractivity contribution in [1.82, 2.24) is 29.8 Å². The van der Waals surface area contributed by atoms with Crippen molar-refractivity contribution in [3.05, 3.63) is 125 Å². The van der Waals surface area contributed by atoms with Crippen LogP contribution >= 0.6 is 0 Å². The molecule has 0 spiro atoms. The lowest BCUT2D eigenvalue weighted by Crippen LogP contribution is -2.58. The average molecular weight is 764 g/mol. The zero-order valence-corrected chi connectivity index (χ0v) is 33.0. The minimum atomic E-state index is -3.58. The maximum absolute atomic E-state index is 13.5. The summed E-state index contributed by atoms with van der Waals surface area (Å²) in [5, 5.41) is 2.56. The molecule has 2 N–H and O–H groups in total. The number of hydrogen-bond acceptors (Lipinski definition) is 8. The summed E-state index contributed by atoms with van der Waals surface area (Å²) in [4.78, 5) is 42.6. The highest BCUT2D eigenvalue weighted by atomic mass is 32.2. The van der Waals surface area contributed by atoms with Crippen LogP contribution in [-0.2, 0) is 27.9 Å². The molecule has 3 fully saturated rings.